The number of carbonyl (C=O) groups is 2. The Morgan fingerprint density at radius 1 is 1.07 bits per heavy atom. The Labute approximate surface area is 245 Å². The number of amides is 1. The summed E-state index contributed by atoms with van der Waals surface area (Å²) in [5.41, 5.74) is 3.90. The van der Waals surface area contributed by atoms with E-state index in [9.17, 15) is 9.59 Å². The van der Waals surface area contributed by atoms with Crippen molar-refractivity contribution in [3.05, 3.63) is 118 Å². The van der Waals surface area contributed by atoms with Crippen molar-refractivity contribution >= 4 is 41.2 Å². The molecule has 41 heavy (non-hydrogen) atoms. The van der Waals surface area contributed by atoms with Crippen LogP contribution in [0.3, 0.4) is 0 Å². The van der Waals surface area contributed by atoms with E-state index in [1.54, 1.807) is 48.5 Å². The molecule has 0 aliphatic carbocycles. The maximum absolute atomic E-state index is 13.2. The molecule has 2 heterocycles. The number of nitrogens with one attached hydrogen (secondary N) is 2. The summed E-state index contributed by atoms with van der Waals surface area (Å²) in [5.74, 6) is -0.318. The van der Waals surface area contributed by atoms with Gasteiger partial charge >= 0.3 is 5.97 Å². The Balaban J connectivity index is 1.41. The van der Waals surface area contributed by atoms with Crippen LogP contribution in [0.2, 0.25) is 10.2 Å². The monoisotopic (exact) mass is 587 g/mol. The molecule has 3 aromatic carbocycles. The fourth-order valence-electron chi connectivity index (χ4n) is 4.20. The highest BCUT2D eigenvalue weighted by atomic mass is 35.5. The molecule has 10 nitrogen and oxygen atoms in total. The molecule has 2 N–H and O–H groups in total. The van der Waals surface area contributed by atoms with Crippen molar-refractivity contribution in [3.8, 4) is 16.9 Å². The summed E-state index contributed by atoms with van der Waals surface area (Å²) in [5, 5.41) is 15.1. The van der Waals surface area contributed by atoms with E-state index in [0.29, 0.717) is 50.5 Å². The van der Waals surface area contributed by atoms with Crippen LogP contribution < -0.4 is 5.32 Å². The molecule has 0 aliphatic heterocycles. The van der Waals surface area contributed by atoms with Gasteiger partial charge in [0.25, 0.3) is 0 Å². The van der Waals surface area contributed by atoms with Gasteiger partial charge in [-0.3, -0.25) is 4.79 Å². The topological polar surface area (TPSA) is 128 Å². The second kappa shape index (κ2) is 12.6. The number of esters is 1. The highest BCUT2D eigenvalue weighted by molar-refractivity contribution is 6.32. The van der Waals surface area contributed by atoms with Crippen molar-refractivity contribution in [2.24, 2.45) is 0 Å². The van der Waals surface area contributed by atoms with Gasteiger partial charge in [-0.05, 0) is 58.8 Å². The van der Waals surface area contributed by atoms with Crippen LogP contribution in [-0.2, 0) is 16.0 Å². The Morgan fingerprint density at radius 2 is 1.85 bits per heavy atom. The largest absolute Gasteiger partial charge is 0.465 e. The first-order valence-corrected chi connectivity index (χ1v) is 13.2. The number of imidazole rings is 1. The van der Waals surface area contributed by atoms with Gasteiger partial charge in [0, 0.05) is 22.2 Å². The standard InChI is InChI=1S/C29H23Cl2N7O3/c1-41-29(40)20-9-7-19(8-10-20)26-27(31)35-28(34-26)23(15-18-5-3-2-4-6-18)33-25(39)14-11-21-16-22(30)12-13-24(21)38-17-32-36-37-38/h2-14,16-17,23H,15H2,1H3,(H,33,39)(H,34,35)/t23-/m0/s1. The summed E-state index contributed by atoms with van der Waals surface area (Å²) in [4.78, 5) is 32.8. The number of tetrazole rings is 1. The minimum atomic E-state index is -0.534. The van der Waals surface area contributed by atoms with E-state index in [-0.39, 0.29) is 5.91 Å². The second-order valence-electron chi connectivity index (χ2n) is 8.90. The van der Waals surface area contributed by atoms with Gasteiger partial charge in [0.15, 0.2) is 0 Å². The van der Waals surface area contributed by atoms with E-state index in [4.69, 9.17) is 32.9 Å². The number of hydrogen-bond acceptors (Lipinski definition) is 7. The Hall–Kier alpha value is -4.80. The average Bonchev–Trinajstić information content (AvgIpc) is 3.66. The van der Waals surface area contributed by atoms with Gasteiger partial charge < -0.3 is 15.0 Å². The Kier molecular flexibility index (Phi) is 8.52. The molecule has 1 atom stereocenters. The molecule has 0 saturated heterocycles. The van der Waals surface area contributed by atoms with Crippen molar-refractivity contribution in [1.82, 2.24) is 35.5 Å². The van der Waals surface area contributed by atoms with Crippen molar-refractivity contribution < 1.29 is 14.3 Å². The smallest absolute Gasteiger partial charge is 0.337 e. The minimum absolute atomic E-state index is 0.304. The zero-order valence-corrected chi connectivity index (χ0v) is 23.2. The summed E-state index contributed by atoms with van der Waals surface area (Å²) >= 11 is 12.8. The van der Waals surface area contributed by atoms with Gasteiger partial charge in [0.1, 0.15) is 23.0 Å². The number of halogens is 2. The number of hydrogen-bond donors (Lipinski definition) is 2. The predicted octanol–water partition coefficient (Wildman–Crippen LogP) is 5.26. The van der Waals surface area contributed by atoms with Crippen LogP contribution in [0.1, 0.15) is 33.4 Å². The fourth-order valence-corrected chi connectivity index (χ4v) is 4.63. The first-order chi connectivity index (χ1) is 19.9. The van der Waals surface area contributed by atoms with E-state index in [1.807, 2.05) is 30.3 Å². The maximum atomic E-state index is 13.2. The van der Waals surface area contributed by atoms with Gasteiger partial charge in [0.05, 0.1) is 24.4 Å². The normalized spacial score (nSPS) is 11.9. The summed E-state index contributed by atoms with van der Waals surface area (Å²) in [6, 6.07) is 21.1. The predicted molar refractivity (Wildman–Crippen MR) is 155 cm³/mol. The molecule has 0 unspecified atom stereocenters. The average molecular weight is 588 g/mol. The maximum Gasteiger partial charge on any atom is 0.337 e. The number of aromatic nitrogens is 6. The number of H-pyrrole nitrogens is 1. The molecule has 0 radical (unpaired) electrons. The highest BCUT2D eigenvalue weighted by Gasteiger charge is 2.21. The van der Waals surface area contributed by atoms with E-state index < -0.39 is 12.0 Å². The molecule has 2 aromatic heterocycles. The van der Waals surface area contributed by atoms with Crippen LogP contribution in [0.5, 0.6) is 0 Å². The number of rotatable bonds is 9. The van der Waals surface area contributed by atoms with Crippen LogP contribution in [0, 0.1) is 0 Å². The van der Waals surface area contributed by atoms with Crippen LogP contribution in [0.4, 0.5) is 0 Å². The Bertz CT molecular complexity index is 1690. The minimum Gasteiger partial charge on any atom is -0.465 e. The molecule has 206 valence electrons. The first-order valence-electron chi connectivity index (χ1n) is 12.4. The van der Waals surface area contributed by atoms with Crippen molar-refractivity contribution in [2.45, 2.75) is 12.5 Å². The number of benzene rings is 3. The number of nitrogens with zero attached hydrogens (tertiary/aromatic N) is 5. The number of carbonyl (C=O) groups excluding carboxylic acids is 2. The molecule has 0 fully saturated rings. The quantitative estimate of drug-likeness (QED) is 0.178. The lowest BCUT2D eigenvalue weighted by atomic mass is 10.1. The van der Waals surface area contributed by atoms with Crippen LogP contribution in [0.25, 0.3) is 23.0 Å². The summed E-state index contributed by atoms with van der Waals surface area (Å²) in [7, 11) is 1.33. The van der Waals surface area contributed by atoms with E-state index in [1.165, 1.54) is 24.2 Å². The van der Waals surface area contributed by atoms with Crippen LogP contribution >= 0.6 is 23.2 Å². The number of ether oxygens (including phenoxy) is 1. The third-order valence-corrected chi connectivity index (χ3v) is 6.69. The molecule has 0 aliphatic rings. The van der Waals surface area contributed by atoms with E-state index in [2.05, 4.69) is 25.8 Å². The summed E-state index contributed by atoms with van der Waals surface area (Å²) < 4.78 is 6.25. The second-order valence-corrected chi connectivity index (χ2v) is 9.71. The van der Waals surface area contributed by atoms with Crippen molar-refractivity contribution in [3.63, 3.8) is 0 Å². The lowest BCUT2D eigenvalue weighted by molar-refractivity contribution is -0.117. The third-order valence-electron chi connectivity index (χ3n) is 6.19. The summed E-state index contributed by atoms with van der Waals surface area (Å²) in [6.45, 7) is 0. The van der Waals surface area contributed by atoms with Crippen molar-refractivity contribution in [1.29, 1.82) is 0 Å². The Morgan fingerprint density at radius 3 is 2.56 bits per heavy atom. The molecule has 5 rings (SSSR count). The van der Waals surface area contributed by atoms with E-state index >= 15 is 0 Å². The molecular formula is C29H23Cl2N7O3. The number of methoxy groups -OCH3 is 1. The SMILES string of the molecule is COC(=O)c1ccc(-c2nc([C@H](Cc3ccccc3)NC(=O)C=Cc3cc(Cl)ccc3-n3cnnn3)[nH]c2Cl)cc1. The van der Waals surface area contributed by atoms with E-state index in [0.717, 1.165) is 5.56 Å². The molecular weight excluding hydrogens is 565 g/mol. The molecule has 1 amide bonds. The lowest BCUT2D eigenvalue weighted by Crippen LogP contribution is -2.29. The van der Waals surface area contributed by atoms with Crippen LogP contribution in [-0.4, -0.2) is 49.2 Å². The highest BCUT2D eigenvalue weighted by Crippen LogP contribution is 2.29. The lowest BCUT2D eigenvalue weighted by Gasteiger charge is -2.16. The van der Waals surface area contributed by atoms with Crippen molar-refractivity contribution in [2.75, 3.05) is 7.11 Å². The zero-order chi connectivity index (χ0) is 28.8. The van der Waals surface area contributed by atoms with Gasteiger partial charge in [-0.25, -0.2) is 9.78 Å². The summed E-state index contributed by atoms with van der Waals surface area (Å²) in [6.07, 6.45) is 4.96. The number of aromatic amines is 1. The fraction of sp³-hybridized carbons (Fsp3) is 0.103. The molecule has 0 spiro atoms. The molecule has 0 saturated carbocycles. The first kappa shape index (κ1) is 27.8. The van der Waals surface area contributed by atoms with Crippen LogP contribution in [0.15, 0.2) is 85.2 Å². The molecule has 5 aromatic rings. The van der Waals surface area contributed by atoms with Gasteiger partial charge in [-0.2, -0.15) is 4.68 Å². The molecule has 12 heteroatoms. The van der Waals surface area contributed by atoms with Gasteiger partial charge in [-0.15, -0.1) is 5.10 Å². The van der Waals surface area contributed by atoms with Gasteiger partial charge in [0.2, 0.25) is 5.91 Å². The zero-order valence-electron chi connectivity index (χ0n) is 21.7. The molecule has 0 bridgehead atoms. The van der Waals surface area contributed by atoms with Gasteiger partial charge in [-0.1, -0.05) is 65.7 Å². The third kappa shape index (κ3) is 6.68.